The first-order chi connectivity index (χ1) is 13.4. The summed E-state index contributed by atoms with van der Waals surface area (Å²) in [5.41, 5.74) is 3.99. The molecule has 1 aliphatic rings. The van der Waals surface area contributed by atoms with Crippen molar-refractivity contribution in [1.82, 2.24) is 19.7 Å². The summed E-state index contributed by atoms with van der Waals surface area (Å²) in [7, 11) is 1.84. The van der Waals surface area contributed by atoms with E-state index in [1.807, 2.05) is 26.2 Å². The lowest BCUT2D eigenvalue weighted by atomic mass is 10.0. The largest absolute Gasteiger partial charge is 0.486 e. The predicted molar refractivity (Wildman–Crippen MR) is 103 cm³/mol. The van der Waals surface area contributed by atoms with Gasteiger partial charge in [-0.2, -0.15) is 5.10 Å². The average Bonchev–Trinajstić information content (AvgIpc) is 2.94. The van der Waals surface area contributed by atoms with Crippen LogP contribution in [0, 0.1) is 5.82 Å². The number of hydrogen-bond donors (Lipinski definition) is 0. The number of rotatable bonds is 2. The molecule has 1 aromatic carbocycles. The van der Waals surface area contributed by atoms with Crippen molar-refractivity contribution in [3.63, 3.8) is 0 Å². The second kappa shape index (κ2) is 7.07. The molecule has 1 aliphatic heterocycles. The molecule has 3 aromatic rings. The Kier molecular flexibility index (Phi) is 4.58. The molecular weight excluding hydrogens is 359 g/mol. The van der Waals surface area contributed by atoms with E-state index in [1.165, 1.54) is 12.1 Å². The molecular formula is C21H21FN4O2. The van der Waals surface area contributed by atoms with Crippen LogP contribution in [0.1, 0.15) is 19.5 Å². The van der Waals surface area contributed by atoms with Crippen molar-refractivity contribution >= 4 is 5.91 Å². The normalized spacial score (nSPS) is 16.3. The van der Waals surface area contributed by atoms with Crippen molar-refractivity contribution in [2.24, 2.45) is 7.05 Å². The maximum Gasteiger partial charge on any atom is 0.219 e. The summed E-state index contributed by atoms with van der Waals surface area (Å²) < 4.78 is 21.3. The standard InChI is InChI=1S/C21H21FN4O2/c1-13-10-26(14(2)27)12-19-21(28-13)17(8-9-23-19)18-11-25(3)24-20(18)15-4-6-16(22)7-5-15/h4-9,11,13H,10,12H2,1-3H3. The van der Waals surface area contributed by atoms with Crippen molar-refractivity contribution in [3.05, 3.63) is 54.2 Å². The number of halogens is 1. The van der Waals surface area contributed by atoms with Gasteiger partial charge in [0.1, 0.15) is 23.3 Å². The molecule has 1 atom stereocenters. The molecule has 0 saturated carbocycles. The van der Waals surface area contributed by atoms with Crippen LogP contribution in [-0.4, -0.2) is 38.2 Å². The predicted octanol–water partition coefficient (Wildman–Crippen LogP) is 3.42. The zero-order chi connectivity index (χ0) is 19.8. The first-order valence-corrected chi connectivity index (χ1v) is 9.12. The molecule has 1 unspecified atom stereocenters. The SMILES string of the molecule is CC(=O)N1Cc2nccc(-c3cn(C)nc3-c3ccc(F)cc3)c2OC(C)C1. The van der Waals surface area contributed by atoms with E-state index in [9.17, 15) is 9.18 Å². The van der Waals surface area contributed by atoms with Crippen LogP contribution >= 0.6 is 0 Å². The highest BCUT2D eigenvalue weighted by molar-refractivity contribution is 5.84. The third-order valence-corrected chi connectivity index (χ3v) is 4.80. The zero-order valence-electron chi connectivity index (χ0n) is 16.0. The number of pyridine rings is 1. The van der Waals surface area contributed by atoms with Crippen LogP contribution in [0.2, 0.25) is 0 Å². The van der Waals surface area contributed by atoms with Gasteiger partial charge in [-0.15, -0.1) is 0 Å². The van der Waals surface area contributed by atoms with Crippen molar-refractivity contribution in [3.8, 4) is 28.1 Å². The topological polar surface area (TPSA) is 60.2 Å². The van der Waals surface area contributed by atoms with Crippen LogP contribution in [0.3, 0.4) is 0 Å². The molecule has 4 rings (SSSR count). The number of amides is 1. The summed E-state index contributed by atoms with van der Waals surface area (Å²) in [6, 6.07) is 8.15. The summed E-state index contributed by atoms with van der Waals surface area (Å²) >= 11 is 0. The van der Waals surface area contributed by atoms with E-state index in [2.05, 4.69) is 10.1 Å². The van der Waals surface area contributed by atoms with Gasteiger partial charge in [0.2, 0.25) is 5.91 Å². The second-order valence-corrected chi connectivity index (χ2v) is 7.03. The monoisotopic (exact) mass is 380 g/mol. The van der Waals surface area contributed by atoms with E-state index in [0.717, 1.165) is 22.4 Å². The van der Waals surface area contributed by atoms with Crippen LogP contribution in [-0.2, 0) is 18.4 Å². The molecule has 0 radical (unpaired) electrons. The number of ether oxygens (including phenoxy) is 1. The van der Waals surface area contributed by atoms with Gasteiger partial charge in [-0.25, -0.2) is 4.39 Å². The van der Waals surface area contributed by atoms with Crippen molar-refractivity contribution < 1.29 is 13.9 Å². The first kappa shape index (κ1) is 18.2. The molecule has 0 bridgehead atoms. The van der Waals surface area contributed by atoms with Gasteiger partial charge in [-0.05, 0) is 37.3 Å². The summed E-state index contributed by atoms with van der Waals surface area (Å²) in [5.74, 6) is 0.361. The van der Waals surface area contributed by atoms with E-state index < -0.39 is 0 Å². The van der Waals surface area contributed by atoms with Gasteiger partial charge in [0, 0.05) is 43.1 Å². The lowest BCUT2D eigenvalue weighted by molar-refractivity contribution is -0.130. The van der Waals surface area contributed by atoms with Crippen LogP contribution in [0.15, 0.2) is 42.7 Å². The van der Waals surface area contributed by atoms with Crippen molar-refractivity contribution in [1.29, 1.82) is 0 Å². The summed E-state index contributed by atoms with van der Waals surface area (Å²) in [6.07, 6.45) is 3.46. The summed E-state index contributed by atoms with van der Waals surface area (Å²) in [4.78, 5) is 18.1. The third-order valence-electron chi connectivity index (χ3n) is 4.80. The van der Waals surface area contributed by atoms with E-state index >= 15 is 0 Å². The molecule has 0 aliphatic carbocycles. The minimum Gasteiger partial charge on any atom is -0.486 e. The van der Waals surface area contributed by atoms with E-state index in [4.69, 9.17) is 4.74 Å². The van der Waals surface area contributed by atoms with E-state index in [0.29, 0.717) is 24.5 Å². The van der Waals surface area contributed by atoms with Crippen LogP contribution in [0.25, 0.3) is 22.4 Å². The zero-order valence-corrected chi connectivity index (χ0v) is 16.0. The van der Waals surface area contributed by atoms with Crippen LogP contribution < -0.4 is 4.74 Å². The van der Waals surface area contributed by atoms with Gasteiger partial charge in [0.05, 0.1) is 13.1 Å². The lowest BCUT2D eigenvalue weighted by Gasteiger charge is -2.19. The molecule has 144 valence electrons. The molecule has 0 fully saturated rings. The number of carbonyl (C=O) groups excluding carboxylic acids is 1. The lowest BCUT2D eigenvalue weighted by Crippen LogP contribution is -2.34. The number of carbonyl (C=O) groups is 1. The smallest absolute Gasteiger partial charge is 0.219 e. The van der Waals surface area contributed by atoms with Gasteiger partial charge in [-0.3, -0.25) is 14.5 Å². The highest BCUT2D eigenvalue weighted by Crippen LogP contribution is 2.39. The van der Waals surface area contributed by atoms with Gasteiger partial charge in [0.15, 0.2) is 5.75 Å². The Hall–Kier alpha value is -3.22. The van der Waals surface area contributed by atoms with Gasteiger partial charge < -0.3 is 9.64 Å². The van der Waals surface area contributed by atoms with Crippen molar-refractivity contribution in [2.75, 3.05) is 6.54 Å². The first-order valence-electron chi connectivity index (χ1n) is 9.12. The Morgan fingerprint density at radius 3 is 2.68 bits per heavy atom. The Labute approximate surface area is 162 Å². The fourth-order valence-electron chi connectivity index (χ4n) is 3.49. The summed E-state index contributed by atoms with van der Waals surface area (Å²) in [6.45, 7) is 4.39. The maximum atomic E-state index is 13.4. The second-order valence-electron chi connectivity index (χ2n) is 7.03. The van der Waals surface area contributed by atoms with E-state index in [1.54, 1.807) is 34.8 Å². The van der Waals surface area contributed by atoms with Crippen molar-refractivity contribution in [2.45, 2.75) is 26.5 Å². The molecule has 0 N–H and O–H groups in total. The number of aromatic nitrogens is 3. The van der Waals surface area contributed by atoms with Gasteiger partial charge in [-0.1, -0.05) is 0 Å². The fraction of sp³-hybridized carbons (Fsp3) is 0.286. The molecule has 2 aromatic heterocycles. The fourth-order valence-corrected chi connectivity index (χ4v) is 3.49. The Bertz CT molecular complexity index is 1030. The molecule has 3 heterocycles. The maximum absolute atomic E-state index is 13.4. The minimum atomic E-state index is -0.291. The number of nitrogens with zero attached hydrogens (tertiary/aromatic N) is 4. The number of aryl methyl sites for hydroxylation is 1. The Morgan fingerprint density at radius 1 is 1.21 bits per heavy atom. The number of hydrogen-bond acceptors (Lipinski definition) is 4. The molecule has 6 nitrogen and oxygen atoms in total. The average molecular weight is 380 g/mol. The quantitative estimate of drug-likeness (QED) is 0.684. The highest BCUT2D eigenvalue weighted by Gasteiger charge is 2.26. The minimum absolute atomic E-state index is 0.0103. The Morgan fingerprint density at radius 2 is 1.96 bits per heavy atom. The molecule has 28 heavy (non-hydrogen) atoms. The van der Waals surface area contributed by atoms with Crippen LogP contribution in [0.5, 0.6) is 5.75 Å². The molecule has 0 spiro atoms. The third kappa shape index (κ3) is 3.35. The highest BCUT2D eigenvalue weighted by atomic mass is 19.1. The Balaban J connectivity index is 1.85. The molecule has 0 saturated heterocycles. The summed E-state index contributed by atoms with van der Waals surface area (Å²) in [5, 5.41) is 4.58. The molecule has 1 amide bonds. The number of benzene rings is 1. The molecule has 7 heteroatoms. The number of fused-ring (bicyclic) bond motifs is 1. The van der Waals surface area contributed by atoms with E-state index in [-0.39, 0.29) is 17.8 Å². The van der Waals surface area contributed by atoms with Gasteiger partial charge in [0.25, 0.3) is 0 Å². The van der Waals surface area contributed by atoms with Gasteiger partial charge >= 0.3 is 0 Å². The van der Waals surface area contributed by atoms with Crippen LogP contribution in [0.4, 0.5) is 4.39 Å².